The molecule has 3 heteroatoms. The van der Waals surface area contributed by atoms with Gasteiger partial charge < -0.3 is 0 Å². The highest BCUT2D eigenvalue weighted by atomic mass is 33.2. The van der Waals surface area contributed by atoms with Crippen molar-refractivity contribution in [3.05, 3.63) is 0 Å². The smallest absolute Gasteiger partial charge is 0.0124 e. The van der Waals surface area contributed by atoms with E-state index in [4.69, 9.17) is 0 Å². The Hall–Kier alpha value is 1.05. The van der Waals surface area contributed by atoms with E-state index in [0.29, 0.717) is 0 Å². The fraction of sp³-hybridized carbons (Fsp3) is 1.00. The molecule has 0 nitrogen and oxygen atoms in total. The van der Waals surface area contributed by atoms with Crippen molar-refractivity contribution in [2.75, 3.05) is 40.3 Å². The highest BCUT2D eigenvalue weighted by Gasteiger charge is 2.27. The second-order valence-corrected chi connectivity index (χ2v) is 16.7. The Labute approximate surface area is 123 Å². The fourth-order valence-electron chi connectivity index (χ4n) is 2.71. The lowest BCUT2D eigenvalue weighted by Gasteiger charge is -2.45. The minimum Gasteiger partial charge on any atom is -0.238 e. The van der Waals surface area contributed by atoms with Crippen LogP contribution in [-0.2, 0) is 0 Å². The molecule has 0 aromatic heterocycles. The van der Waals surface area contributed by atoms with Crippen molar-refractivity contribution in [1.29, 1.82) is 0 Å². The quantitative estimate of drug-likeness (QED) is 0.463. The number of rotatable bonds is 10. The summed E-state index contributed by atoms with van der Waals surface area (Å²) in [5.41, 5.74) is 0. The van der Waals surface area contributed by atoms with Gasteiger partial charge in [-0.1, -0.05) is 48.5 Å². The van der Waals surface area contributed by atoms with Crippen molar-refractivity contribution in [2.24, 2.45) is 0 Å². The van der Waals surface area contributed by atoms with E-state index in [1.54, 1.807) is 0 Å². The molecule has 0 saturated carbocycles. The van der Waals surface area contributed by atoms with E-state index in [2.05, 4.69) is 59.3 Å². The molecule has 0 aliphatic heterocycles. The molecule has 0 saturated heterocycles. The van der Waals surface area contributed by atoms with Gasteiger partial charge in [0, 0.05) is 5.75 Å². The summed E-state index contributed by atoms with van der Waals surface area (Å²) in [6.45, 7) is 17.0. The maximum atomic E-state index is 2.53. The molecule has 0 radical (unpaired) electrons. The lowest BCUT2D eigenvalue weighted by atomic mass is 10.6. The Bertz CT molecular complexity index is 191. The summed E-state index contributed by atoms with van der Waals surface area (Å²) in [5, 5.41) is 0.944. The Morgan fingerprint density at radius 3 is 1.39 bits per heavy atom. The second kappa shape index (κ2) is 9.07. The summed E-state index contributed by atoms with van der Waals surface area (Å²) in [7, 11) is 1.65. The molecule has 114 valence electrons. The molecule has 0 amide bonds. The van der Waals surface area contributed by atoms with Crippen LogP contribution in [0.5, 0.6) is 0 Å². The predicted octanol–water partition coefficient (Wildman–Crippen LogP) is 5.75. The molecule has 1 unspecified atom stereocenters. The van der Waals surface area contributed by atoms with E-state index in [0.717, 1.165) is 5.25 Å². The van der Waals surface area contributed by atoms with Gasteiger partial charge in [0.25, 0.3) is 0 Å². The van der Waals surface area contributed by atoms with E-state index in [1.807, 2.05) is 0 Å². The van der Waals surface area contributed by atoms with E-state index >= 15 is 0 Å². The van der Waals surface area contributed by atoms with Crippen LogP contribution in [0, 0.1) is 0 Å². The minimum atomic E-state index is -0.360. The zero-order valence-electron chi connectivity index (χ0n) is 13.8. The van der Waals surface area contributed by atoms with Crippen molar-refractivity contribution >= 4 is 29.9 Å². The van der Waals surface area contributed by atoms with Crippen LogP contribution >= 0.6 is 29.9 Å². The van der Waals surface area contributed by atoms with E-state index in [9.17, 15) is 0 Å². The molecule has 0 rings (SSSR count). The van der Waals surface area contributed by atoms with Gasteiger partial charge in [0.1, 0.15) is 0 Å². The normalized spacial score (nSPS) is 16.6. The van der Waals surface area contributed by atoms with E-state index in [1.165, 1.54) is 40.3 Å². The maximum Gasteiger partial charge on any atom is 0.0124 e. The van der Waals surface area contributed by atoms with Gasteiger partial charge in [0.05, 0.1) is 0 Å². The van der Waals surface area contributed by atoms with Crippen LogP contribution in [0.2, 0.25) is 0 Å². The average molecular weight is 313 g/mol. The molecular weight excluding hydrogens is 276 g/mol. The molecule has 0 fully saturated rings. The summed E-state index contributed by atoms with van der Waals surface area (Å²) in [5.74, 6) is 9.91. The van der Waals surface area contributed by atoms with Gasteiger partial charge in [-0.25, -0.2) is 10.0 Å². The van der Waals surface area contributed by atoms with Gasteiger partial charge >= 0.3 is 0 Å². The van der Waals surface area contributed by atoms with E-state index < -0.39 is 0 Å². The largest absolute Gasteiger partial charge is 0.238 e. The first-order chi connectivity index (χ1) is 8.49. The SMILES string of the molecule is CCS(CC)(CC)SCC(C)S(CC)(CC)CC. The zero-order chi connectivity index (χ0) is 14.2. The molecular formula is C15H36S3. The molecule has 0 spiro atoms. The summed E-state index contributed by atoms with van der Waals surface area (Å²) >= 11 is 0. The number of hydrogen-bond donors (Lipinski definition) is 0. The van der Waals surface area contributed by atoms with Crippen LogP contribution in [0.15, 0.2) is 0 Å². The van der Waals surface area contributed by atoms with Crippen LogP contribution in [-0.4, -0.2) is 45.5 Å². The first-order valence-electron chi connectivity index (χ1n) is 7.65. The molecule has 1 atom stereocenters. The summed E-state index contributed by atoms with van der Waals surface area (Å²) < 4.78 is 0. The Balaban J connectivity index is 4.60. The fourth-order valence-corrected chi connectivity index (χ4v) is 12.4. The van der Waals surface area contributed by atoms with Crippen LogP contribution < -0.4 is 0 Å². The molecule has 0 N–H and O–H groups in total. The monoisotopic (exact) mass is 312 g/mol. The highest BCUT2D eigenvalue weighted by Crippen LogP contribution is 2.62. The van der Waals surface area contributed by atoms with Crippen LogP contribution in [0.4, 0.5) is 0 Å². The Kier molecular flexibility index (Phi) is 9.60. The van der Waals surface area contributed by atoms with Crippen molar-refractivity contribution in [3.63, 3.8) is 0 Å². The third-order valence-electron chi connectivity index (χ3n) is 4.71. The first-order valence-corrected chi connectivity index (χ1v) is 13.5. The lowest BCUT2D eigenvalue weighted by Crippen LogP contribution is -2.24. The summed E-state index contributed by atoms with van der Waals surface area (Å²) in [6, 6.07) is 0. The van der Waals surface area contributed by atoms with Crippen molar-refractivity contribution in [2.45, 2.75) is 53.7 Å². The maximum absolute atomic E-state index is 2.53. The van der Waals surface area contributed by atoms with Gasteiger partial charge in [-0.2, -0.15) is 9.06 Å². The molecule has 18 heavy (non-hydrogen) atoms. The Morgan fingerprint density at radius 1 is 0.722 bits per heavy atom. The van der Waals surface area contributed by atoms with Crippen LogP contribution in [0.3, 0.4) is 0 Å². The standard InChI is InChI=1S/C15H36S3/c1-8-17(9-2,10-3)15(7)14-16-18(11-4,12-5)13-6/h15H,8-14H2,1-7H3. The van der Waals surface area contributed by atoms with Crippen LogP contribution in [0.1, 0.15) is 48.5 Å². The predicted molar refractivity (Wildman–Crippen MR) is 100 cm³/mol. The van der Waals surface area contributed by atoms with E-state index in [-0.39, 0.29) is 19.1 Å². The van der Waals surface area contributed by atoms with Gasteiger partial charge in [-0.05, 0) is 39.8 Å². The molecule has 0 aliphatic carbocycles. The van der Waals surface area contributed by atoms with Crippen molar-refractivity contribution in [1.82, 2.24) is 0 Å². The van der Waals surface area contributed by atoms with Crippen molar-refractivity contribution < 1.29 is 0 Å². The van der Waals surface area contributed by atoms with Gasteiger partial charge in [-0.3, -0.25) is 0 Å². The highest BCUT2D eigenvalue weighted by molar-refractivity contribution is 8.94. The third-order valence-corrected chi connectivity index (χ3v) is 18.6. The van der Waals surface area contributed by atoms with Crippen molar-refractivity contribution in [3.8, 4) is 0 Å². The topological polar surface area (TPSA) is 0 Å². The Morgan fingerprint density at radius 2 is 1.11 bits per heavy atom. The second-order valence-electron chi connectivity index (χ2n) is 4.91. The lowest BCUT2D eigenvalue weighted by molar-refractivity contribution is 1.08. The average Bonchev–Trinajstić information content (AvgIpc) is 2.43. The van der Waals surface area contributed by atoms with Crippen LogP contribution in [0.25, 0.3) is 0 Å². The van der Waals surface area contributed by atoms with Gasteiger partial charge in [-0.15, -0.1) is 10.8 Å². The zero-order valence-corrected chi connectivity index (χ0v) is 16.2. The molecule has 0 heterocycles. The first kappa shape index (κ1) is 19.1. The molecule has 0 aliphatic rings. The number of hydrogen-bond acceptors (Lipinski definition) is 1. The van der Waals surface area contributed by atoms with Gasteiger partial charge in [0.2, 0.25) is 0 Å². The van der Waals surface area contributed by atoms with Gasteiger partial charge in [0.15, 0.2) is 0 Å². The molecule has 0 aromatic rings. The molecule has 0 aromatic carbocycles. The minimum absolute atomic E-state index is 0.344. The molecule has 0 bridgehead atoms. The summed E-state index contributed by atoms with van der Waals surface area (Å²) in [4.78, 5) is 0. The third kappa shape index (κ3) is 4.56. The summed E-state index contributed by atoms with van der Waals surface area (Å²) in [6.07, 6.45) is 0.